The third kappa shape index (κ3) is 6.28. The molecule has 0 aliphatic carbocycles. The van der Waals surface area contributed by atoms with Gasteiger partial charge < -0.3 is 25.8 Å². The van der Waals surface area contributed by atoms with Crippen LogP contribution in [0.1, 0.15) is 29.8 Å². The van der Waals surface area contributed by atoms with Crippen LogP contribution in [0.5, 0.6) is 0 Å². The first-order chi connectivity index (χ1) is 10.4. The number of amides is 2. The van der Waals surface area contributed by atoms with Crippen LogP contribution in [0.3, 0.4) is 0 Å². The molecule has 1 rings (SSSR count). The Balaban J connectivity index is 2.50. The number of rotatable bonds is 9. The van der Waals surface area contributed by atoms with E-state index in [1.165, 1.54) is 0 Å². The number of hydrogen-bond donors (Lipinski definition) is 3. The van der Waals surface area contributed by atoms with Crippen molar-refractivity contribution in [3.05, 3.63) is 18.0 Å². The molecule has 0 spiro atoms. The number of carbonyl (C=O) groups is 2. The molecule has 0 fully saturated rings. The third-order valence-corrected chi connectivity index (χ3v) is 3.20. The van der Waals surface area contributed by atoms with E-state index in [0.29, 0.717) is 37.3 Å². The monoisotopic (exact) mass is 309 g/mol. The predicted octanol–water partition coefficient (Wildman–Crippen LogP) is 0.384. The van der Waals surface area contributed by atoms with Gasteiger partial charge in [-0.3, -0.25) is 9.59 Å². The van der Waals surface area contributed by atoms with Crippen molar-refractivity contribution in [2.24, 2.45) is 12.8 Å². The second-order valence-corrected chi connectivity index (χ2v) is 5.58. The first-order valence-electron chi connectivity index (χ1n) is 7.53. The minimum Gasteiger partial charge on any atom is -0.351 e. The molecule has 4 N–H and O–H groups in total. The number of carbonyl (C=O) groups excluding carboxylic acids is 2. The molecule has 1 heterocycles. The second-order valence-electron chi connectivity index (χ2n) is 5.58. The zero-order valence-electron chi connectivity index (χ0n) is 13.7. The summed E-state index contributed by atoms with van der Waals surface area (Å²) in [7, 11) is 5.78. The number of nitrogens with one attached hydrogen (secondary N) is 2. The standard InChI is InChI=1S/C15H27N5O2/c1-19(2)9-5-8-17-15(22)13-10-12(11-20(13)3)18-14(21)6-4-7-16/h10-11H,4-9,16H2,1-3H3,(H,17,22)(H,18,21). The molecule has 0 aliphatic heterocycles. The maximum atomic E-state index is 12.1. The largest absolute Gasteiger partial charge is 0.351 e. The maximum absolute atomic E-state index is 12.1. The fraction of sp³-hybridized carbons (Fsp3) is 0.600. The van der Waals surface area contributed by atoms with Crippen molar-refractivity contribution in [2.45, 2.75) is 19.3 Å². The first-order valence-corrected chi connectivity index (χ1v) is 7.53. The van der Waals surface area contributed by atoms with Gasteiger partial charge in [0.15, 0.2) is 0 Å². The molecule has 1 aromatic heterocycles. The van der Waals surface area contributed by atoms with Crippen molar-refractivity contribution in [3.63, 3.8) is 0 Å². The lowest BCUT2D eigenvalue weighted by Gasteiger charge is -2.10. The van der Waals surface area contributed by atoms with Crippen molar-refractivity contribution in [3.8, 4) is 0 Å². The molecular formula is C15H27N5O2. The Morgan fingerprint density at radius 2 is 2.05 bits per heavy atom. The third-order valence-electron chi connectivity index (χ3n) is 3.20. The fourth-order valence-electron chi connectivity index (χ4n) is 2.03. The summed E-state index contributed by atoms with van der Waals surface area (Å²) in [5, 5.41) is 5.65. The molecule has 0 radical (unpaired) electrons. The van der Waals surface area contributed by atoms with Gasteiger partial charge in [-0.2, -0.15) is 0 Å². The summed E-state index contributed by atoms with van der Waals surface area (Å²) >= 11 is 0. The molecule has 0 atom stereocenters. The Hall–Kier alpha value is -1.86. The van der Waals surface area contributed by atoms with Crippen LogP contribution >= 0.6 is 0 Å². The van der Waals surface area contributed by atoms with Gasteiger partial charge in [-0.1, -0.05) is 0 Å². The summed E-state index contributed by atoms with van der Waals surface area (Å²) in [6.45, 7) is 2.04. The van der Waals surface area contributed by atoms with Gasteiger partial charge in [-0.15, -0.1) is 0 Å². The lowest BCUT2D eigenvalue weighted by molar-refractivity contribution is -0.116. The highest BCUT2D eigenvalue weighted by Crippen LogP contribution is 2.13. The van der Waals surface area contributed by atoms with Gasteiger partial charge in [0.05, 0.1) is 5.69 Å². The fourth-order valence-corrected chi connectivity index (χ4v) is 2.03. The van der Waals surface area contributed by atoms with E-state index in [-0.39, 0.29) is 11.8 Å². The quantitative estimate of drug-likeness (QED) is 0.575. The number of aromatic nitrogens is 1. The smallest absolute Gasteiger partial charge is 0.267 e. The summed E-state index contributed by atoms with van der Waals surface area (Å²) < 4.78 is 1.71. The summed E-state index contributed by atoms with van der Waals surface area (Å²) in [5.74, 6) is -0.224. The Labute approximate surface area is 131 Å². The van der Waals surface area contributed by atoms with E-state index in [2.05, 4.69) is 15.5 Å². The number of aryl methyl sites for hydroxylation is 1. The summed E-state index contributed by atoms with van der Waals surface area (Å²) in [5.41, 5.74) is 6.53. The van der Waals surface area contributed by atoms with Gasteiger partial charge >= 0.3 is 0 Å². The molecule has 0 bridgehead atoms. The predicted molar refractivity (Wildman–Crippen MR) is 87.8 cm³/mol. The molecule has 2 amide bonds. The van der Waals surface area contributed by atoms with E-state index < -0.39 is 0 Å². The Morgan fingerprint density at radius 3 is 2.68 bits per heavy atom. The average Bonchev–Trinajstić information content (AvgIpc) is 2.81. The van der Waals surface area contributed by atoms with E-state index in [9.17, 15) is 9.59 Å². The molecular weight excluding hydrogens is 282 g/mol. The van der Waals surface area contributed by atoms with Crippen LogP contribution in [0.15, 0.2) is 12.3 Å². The minimum atomic E-state index is -0.135. The van der Waals surface area contributed by atoms with Crippen molar-refractivity contribution in [1.82, 2.24) is 14.8 Å². The SMILES string of the molecule is CN(C)CCCNC(=O)c1cc(NC(=O)CCCN)cn1C. The van der Waals surface area contributed by atoms with Crippen LogP contribution in [0, 0.1) is 0 Å². The molecule has 0 saturated carbocycles. The Bertz CT molecular complexity index is 496. The highest BCUT2D eigenvalue weighted by atomic mass is 16.2. The summed E-state index contributed by atoms with van der Waals surface area (Å²) in [6, 6.07) is 1.68. The number of nitrogens with two attached hydrogens (primary N) is 1. The second kappa shape index (κ2) is 9.22. The molecule has 0 saturated heterocycles. The maximum Gasteiger partial charge on any atom is 0.267 e. The molecule has 22 heavy (non-hydrogen) atoms. The number of anilines is 1. The van der Waals surface area contributed by atoms with Crippen molar-refractivity contribution >= 4 is 17.5 Å². The average molecular weight is 309 g/mol. The summed E-state index contributed by atoms with van der Waals surface area (Å²) in [4.78, 5) is 25.8. The zero-order valence-corrected chi connectivity index (χ0v) is 13.7. The van der Waals surface area contributed by atoms with Gasteiger partial charge in [0.25, 0.3) is 5.91 Å². The van der Waals surface area contributed by atoms with E-state index in [1.54, 1.807) is 23.9 Å². The molecule has 1 aromatic rings. The van der Waals surface area contributed by atoms with Crippen molar-refractivity contribution in [1.29, 1.82) is 0 Å². The number of nitrogens with zero attached hydrogens (tertiary/aromatic N) is 2. The van der Waals surface area contributed by atoms with E-state index in [4.69, 9.17) is 5.73 Å². The van der Waals surface area contributed by atoms with Crippen molar-refractivity contribution < 1.29 is 9.59 Å². The van der Waals surface area contributed by atoms with Crippen molar-refractivity contribution in [2.75, 3.05) is 39.0 Å². The van der Waals surface area contributed by atoms with Crippen LogP contribution in [0.4, 0.5) is 5.69 Å². The van der Waals surface area contributed by atoms with Crippen LogP contribution in [0.25, 0.3) is 0 Å². The minimum absolute atomic E-state index is 0.0889. The van der Waals surface area contributed by atoms with Gasteiger partial charge in [-0.25, -0.2) is 0 Å². The van der Waals surface area contributed by atoms with Gasteiger partial charge in [0.2, 0.25) is 5.91 Å². The molecule has 0 unspecified atom stereocenters. The first kappa shape index (κ1) is 18.2. The van der Waals surface area contributed by atoms with Crippen LogP contribution in [-0.2, 0) is 11.8 Å². The van der Waals surface area contributed by atoms with E-state index in [1.807, 2.05) is 14.1 Å². The highest BCUT2D eigenvalue weighted by molar-refractivity contribution is 5.96. The normalized spacial score (nSPS) is 10.8. The van der Waals surface area contributed by atoms with Gasteiger partial charge in [0.1, 0.15) is 5.69 Å². The summed E-state index contributed by atoms with van der Waals surface area (Å²) in [6.07, 6.45) is 3.66. The lowest BCUT2D eigenvalue weighted by Crippen LogP contribution is -2.28. The Morgan fingerprint density at radius 1 is 1.32 bits per heavy atom. The highest BCUT2D eigenvalue weighted by Gasteiger charge is 2.12. The lowest BCUT2D eigenvalue weighted by atomic mass is 10.3. The van der Waals surface area contributed by atoms with Gasteiger partial charge in [0, 0.05) is 26.2 Å². The zero-order chi connectivity index (χ0) is 16.5. The van der Waals surface area contributed by atoms with Crippen LogP contribution < -0.4 is 16.4 Å². The molecule has 0 aliphatic rings. The van der Waals surface area contributed by atoms with Crippen LogP contribution in [-0.4, -0.2) is 55.0 Å². The molecule has 7 heteroatoms. The number of hydrogen-bond acceptors (Lipinski definition) is 4. The molecule has 124 valence electrons. The molecule has 0 aromatic carbocycles. The van der Waals surface area contributed by atoms with E-state index in [0.717, 1.165) is 13.0 Å². The molecule has 7 nitrogen and oxygen atoms in total. The Kier molecular flexibility index (Phi) is 7.62. The van der Waals surface area contributed by atoms with Gasteiger partial charge in [-0.05, 0) is 46.1 Å². The topological polar surface area (TPSA) is 92.4 Å². The van der Waals surface area contributed by atoms with E-state index >= 15 is 0 Å². The van der Waals surface area contributed by atoms with Crippen LogP contribution in [0.2, 0.25) is 0 Å².